The molecule has 1 amide bonds. The third-order valence-corrected chi connectivity index (χ3v) is 6.12. The zero-order valence-corrected chi connectivity index (χ0v) is 12.8. The highest BCUT2D eigenvalue weighted by Crippen LogP contribution is 2.36. The summed E-state index contributed by atoms with van der Waals surface area (Å²) in [5.41, 5.74) is 0. The van der Waals surface area contributed by atoms with Gasteiger partial charge in [0.05, 0.1) is 5.75 Å². The normalized spacial score (nSPS) is 27.6. The van der Waals surface area contributed by atoms with E-state index in [4.69, 9.17) is 0 Å². The average molecular weight is 287 g/mol. The fourth-order valence-electron chi connectivity index (χ4n) is 3.55. The van der Waals surface area contributed by atoms with Gasteiger partial charge in [0.15, 0.2) is 9.84 Å². The molecule has 0 radical (unpaired) electrons. The largest absolute Gasteiger partial charge is 0.339 e. The van der Waals surface area contributed by atoms with Gasteiger partial charge in [-0.25, -0.2) is 8.42 Å². The smallest absolute Gasteiger partial charge is 0.238 e. The third-order valence-electron chi connectivity index (χ3n) is 4.26. The highest BCUT2D eigenvalue weighted by Gasteiger charge is 2.39. The van der Waals surface area contributed by atoms with E-state index in [0.717, 1.165) is 19.4 Å². The Kier molecular flexibility index (Phi) is 4.54. The van der Waals surface area contributed by atoms with Crippen molar-refractivity contribution in [3.8, 4) is 0 Å². The van der Waals surface area contributed by atoms with Crippen molar-refractivity contribution < 1.29 is 13.2 Å². The summed E-state index contributed by atoms with van der Waals surface area (Å²) in [4.78, 5) is 14.1. The minimum atomic E-state index is -3.25. The van der Waals surface area contributed by atoms with E-state index in [1.807, 2.05) is 18.7 Å². The van der Waals surface area contributed by atoms with Crippen molar-refractivity contribution in [2.75, 3.05) is 18.1 Å². The number of fused-ring (bicyclic) bond motifs is 1. The number of carbonyl (C=O) groups is 1. The van der Waals surface area contributed by atoms with E-state index < -0.39 is 9.84 Å². The first-order valence-electron chi connectivity index (χ1n) is 7.39. The Bertz CT molecular complexity index is 430. The summed E-state index contributed by atoms with van der Waals surface area (Å²) in [7, 11) is -3.25. The monoisotopic (exact) mass is 287 g/mol. The molecule has 1 aliphatic heterocycles. The molecule has 19 heavy (non-hydrogen) atoms. The van der Waals surface area contributed by atoms with Crippen molar-refractivity contribution in [1.82, 2.24) is 4.90 Å². The van der Waals surface area contributed by atoms with Crippen LogP contribution in [-0.4, -0.2) is 43.3 Å². The second-order valence-corrected chi connectivity index (χ2v) is 8.55. The van der Waals surface area contributed by atoms with E-state index in [1.54, 1.807) is 0 Å². The minimum Gasteiger partial charge on any atom is -0.339 e. The molecule has 4 nitrogen and oxygen atoms in total. The van der Waals surface area contributed by atoms with Crippen LogP contribution in [-0.2, 0) is 14.6 Å². The van der Waals surface area contributed by atoms with Crippen molar-refractivity contribution in [2.45, 2.75) is 52.0 Å². The Balaban J connectivity index is 1.97. The van der Waals surface area contributed by atoms with Crippen LogP contribution in [0.1, 0.15) is 46.0 Å². The van der Waals surface area contributed by atoms with Gasteiger partial charge in [0.2, 0.25) is 5.91 Å². The van der Waals surface area contributed by atoms with Crippen molar-refractivity contribution >= 4 is 15.7 Å². The Morgan fingerprint density at radius 2 is 1.89 bits per heavy atom. The number of likely N-dealkylation sites (tertiary alicyclic amines) is 1. The number of rotatable bonds is 4. The van der Waals surface area contributed by atoms with Crippen LogP contribution in [0.2, 0.25) is 0 Å². The fourth-order valence-corrected chi connectivity index (χ4v) is 5.23. The number of amides is 1. The first-order chi connectivity index (χ1) is 8.89. The van der Waals surface area contributed by atoms with Crippen LogP contribution >= 0.6 is 0 Å². The molecular weight excluding hydrogens is 262 g/mol. The molecule has 0 aromatic carbocycles. The van der Waals surface area contributed by atoms with Gasteiger partial charge in [-0.3, -0.25) is 4.79 Å². The number of hydrogen-bond acceptors (Lipinski definition) is 3. The molecule has 2 atom stereocenters. The summed E-state index contributed by atoms with van der Waals surface area (Å²) in [6.07, 6.45) is 5.74. The fraction of sp³-hybridized carbons (Fsp3) is 0.929. The average Bonchev–Trinajstić information content (AvgIpc) is 2.69. The maximum absolute atomic E-state index is 12.2. The van der Waals surface area contributed by atoms with Crippen molar-refractivity contribution in [2.24, 2.45) is 11.8 Å². The molecule has 5 heteroatoms. The Morgan fingerprint density at radius 1 is 1.21 bits per heavy atom. The summed E-state index contributed by atoms with van der Waals surface area (Å²) < 4.78 is 23.8. The molecule has 1 heterocycles. The molecule has 0 spiro atoms. The predicted molar refractivity (Wildman–Crippen MR) is 75.6 cm³/mol. The standard InChI is InChI=1S/C14H25NO3S/c1-11(2)9-19(17,18)10-14(16)15-8-7-12-5-3-4-6-13(12)15/h11-13H,3-10H2,1-2H3. The first-order valence-corrected chi connectivity index (χ1v) is 9.21. The number of sulfone groups is 1. The summed E-state index contributed by atoms with van der Waals surface area (Å²) in [5.74, 6) is 0.342. The molecule has 2 rings (SSSR count). The van der Waals surface area contributed by atoms with Gasteiger partial charge in [-0.15, -0.1) is 0 Å². The molecular formula is C14H25NO3S. The maximum atomic E-state index is 12.2. The van der Waals surface area contributed by atoms with Crippen molar-refractivity contribution in [1.29, 1.82) is 0 Å². The van der Waals surface area contributed by atoms with E-state index in [9.17, 15) is 13.2 Å². The quantitative estimate of drug-likeness (QED) is 0.793. The van der Waals surface area contributed by atoms with Gasteiger partial charge < -0.3 is 4.90 Å². The van der Waals surface area contributed by atoms with Crippen molar-refractivity contribution in [3.05, 3.63) is 0 Å². The lowest BCUT2D eigenvalue weighted by Gasteiger charge is -2.31. The van der Waals surface area contributed by atoms with Gasteiger partial charge in [-0.05, 0) is 31.1 Å². The number of hydrogen-bond donors (Lipinski definition) is 0. The Labute approximate surface area is 116 Å². The SMILES string of the molecule is CC(C)CS(=O)(=O)CC(=O)N1CCC2CCCCC21. The maximum Gasteiger partial charge on any atom is 0.238 e. The molecule has 0 aromatic heterocycles. The second-order valence-electron chi connectivity index (χ2n) is 6.44. The highest BCUT2D eigenvalue weighted by atomic mass is 32.2. The third kappa shape index (κ3) is 3.71. The lowest BCUT2D eigenvalue weighted by Crippen LogP contribution is -2.42. The summed E-state index contributed by atoms with van der Waals surface area (Å²) in [5, 5.41) is 0. The van der Waals surface area contributed by atoms with Crippen LogP contribution in [0.4, 0.5) is 0 Å². The molecule has 0 N–H and O–H groups in total. The second kappa shape index (κ2) is 5.81. The topological polar surface area (TPSA) is 54.5 Å². The zero-order chi connectivity index (χ0) is 14.0. The minimum absolute atomic E-state index is 0.0822. The summed E-state index contributed by atoms with van der Waals surface area (Å²) in [6.45, 7) is 4.50. The van der Waals surface area contributed by atoms with Crippen LogP contribution in [0, 0.1) is 11.8 Å². The molecule has 1 saturated heterocycles. The Hall–Kier alpha value is -0.580. The zero-order valence-electron chi connectivity index (χ0n) is 12.0. The lowest BCUT2D eigenvalue weighted by atomic mass is 9.85. The van der Waals surface area contributed by atoms with Crippen molar-refractivity contribution in [3.63, 3.8) is 0 Å². The molecule has 1 aliphatic carbocycles. The molecule has 2 aliphatic rings. The van der Waals surface area contributed by atoms with E-state index in [1.165, 1.54) is 19.3 Å². The molecule has 0 aromatic rings. The summed E-state index contributed by atoms with van der Waals surface area (Å²) in [6, 6.07) is 0.315. The molecule has 2 unspecified atom stereocenters. The molecule has 2 fully saturated rings. The van der Waals surface area contributed by atoms with Gasteiger partial charge in [-0.1, -0.05) is 26.7 Å². The lowest BCUT2D eigenvalue weighted by molar-refractivity contribution is -0.130. The van der Waals surface area contributed by atoms with Crippen LogP contribution in [0.25, 0.3) is 0 Å². The van der Waals surface area contributed by atoms with E-state index in [0.29, 0.717) is 12.0 Å². The van der Waals surface area contributed by atoms with Crippen LogP contribution in [0.5, 0.6) is 0 Å². The van der Waals surface area contributed by atoms with E-state index in [-0.39, 0.29) is 23.3 Å². The van der Waals surface area contributed by atoms with Crippen LogP contribution in [0.3, 0.4) is 0 Å². The molecule has 0 bridgehead atoms. The molecule has 1 saturated carbocycles. The van der Waals surface area contributed by atoms with Gasteiger partial charge >= 0.3 is 0 Å². The van der Waals surface area contributed by atoms with E-state index >= 15 is 0 Å². The van der Waals surface area contributed by atoms with Gasteiger partial charge in [-0.2, -0.15) is 0 Å². The number of carbonyl (C=O) groups excluding carboxylic acids is 1. The predicted octanol–water partition coefficient (Wildman–Crippen LogP) is 1.85. The van der Waals surface area contributed by atoms with Crippen LogP contribution in [0.15, 0.2) is 0 Å². The van der Waals surface area contributed by atoms with Gasteiger partial charge in [0, 0.05) is 12.6 Å². The Morgan fingerprint density at radius 3 is 2.58 bits per heavy atom. The van der Waals surface area contributed by atoms with Crippen LogP contribution < -0.4 is 0 Å². The summed E-state index contributed by atoms with van der Waals surface area (Å²) >= 11 is 0. The first kappa shape index (κ1) is 14.8. The van der Waals surface area contributed by atoms with Gasteiger partial charge in [0.25, 0.3) is 0 Å². The van der Waals surface area contributed by atoms with Gasteiger partial charge in [0.1, 0.15) is 5.75 Å². The highest BCUT2D eigenvalue weighted by molar-refractivity contribution is 7.92. The molecule has 110 valence electrons. The number of nitrogens with zero attached hydrogens (tertiary/aromatic N) is 1. The van der Waals surface area contributed by atoms with E-state index in [2.05, 4.69) is 0 Å².